The maximum atomic E-state index is 5.71. The number of hydrogen-bond donors (Lipinski definition) is 2. The summed E-state index contributed by atoms with van der Waals surface area (Å²) in [6.07, 6.45) is 0.0699. The van der Waals surface area contributed by atoms with Crippen LogP contribution in [-0.4, -0.2) is 13.2 Å². The molecule has 1 rings (SSSR count). The Hall–Kier alpha value is -0.900. The van der Waals surface area contributed by atoms with Crippen molar-refractivity contribution < 1.29 is 4.74 Å². The van der Waals surface area contributed by atoms with Gasteiger partial charge in [-0.1, -0.05) is 37.6 Å². The molecular formula is C14H24N2O. The third-order valence-electron chi connectivity index (χ3n) is 3.21. The Morgan fingerprint density at radius 3 is 2.35 bits per heavy atom. The van der Waals surface area contributed by atoms with E-state index in [0.717, 1.165) is 0 Å². The number of hydrazine groups is 1. The molecule has 3 nitrogen and oxygen atoms in total. The fourth-order valence-electron chi connectivity index (χ4n) is 2.25. The molecule has 17 heavy (non-hydrogen) atoms. The summed E-state index contributed by atoms with van der Waals surface area (Å²) in [5.41, 5.74) is 6.59. The first-order chi connectivity index (χ1) is 8.01. The summed E-state index contributed by atoms with van der Waals surface area (Å²) in [4.78, 5) is 0. The van der Waals surface area contributed by atoms with E-state index in [1.807, 2.05) is 0 Å². The van der Waals surface area contributed by atoms with Gasteiger partial charge in [-0.15, -0.1) is 0 Å². The molecule has 2 unspecified atom stereocenters. The van der Waals surface area contributed by atoms with Crippen LogP contribution >= 0.6 is 0 Å². The number of hydrogen-bond acceptors (Lipinski definition) is 3. The van der Waals surface area contributed by atoms with Crippen molar-refractivity contribution in [1.82, 2.24) is 5.43 Å². The fourth-order valence-corrected chi connectivity index (χ4v) is 2.25. The smallest absolute Gasteiger partial charge is 0.0801 e. The first-order valence-corrected chi connectivity index (χ1v) is 6.07. The number of aryl methyl sites for hydroxylation is 2. The standard InChI is InChI=1S/C14H24N2O/c1-9(2)14(17-5)13(16-15)12-8-10(3)6-7-11(12)4/h6-9,13-14,16H,15H2,1-5H3. The zero-order valence-corrected chi connectivity index (χ0v) is 11.4. The molecule has 0 saturated carbocycles. The van der Waals surface area contributed by atoms with E-state index in [2.05, 4.69) is 51.3 Å². The van der Waals surface area contributed by atoms with E-state index in [1.54, 1.807) is 7.11 Å². The van der Waals surface area contributed by atoms with E-state index in [4.69, 9.17) is 10.6 Å². The zero-order chi connectivity index (χ0) is 13.0. The summed E-state index contributed by atoms with van der Waals surface area (Å²) < 4.78 is 5.57. The lowest BCUT2D eigenvalue weighted by Gasteiger charge is -2.30. The highest BCUT2D eigenvalue weighted by Gasteiger charge is 2.26. The second kappa shape index (κ2) is 6.15. The van der Waals surface area contributed by atoms with Crippen LogP contribution in [0.5, 0.6) is 0 Å². The lowest BCUT2D eigenvalue weighted by atomic mass is 9.90. The van der Waals surface area contributed by atoms with Crippen LogP contribution in [0, 0.1) is 19.8 Å². The molecule has 0 amide bonds. The highest BCUT2D eigenvalue weighted by molar-refractivity contribution is 5.33. The Morgan fingerprint density at radius 1 is 1.24 bits per heavy atom. The monoisotopic (exact) mass is 236 g/mol. The number of rotatable bonds is 5. The molecule has 0 aliphatic heterocycles. The number of benzene rings is 1. The zero-order valence-electron chi connectivity index (χ0n) is 11.4. The molecule has 3 N–H and O–H groups in total. The van der Waals surface area contributed by atoms with Gasteiger partial charge in [0.1, 0.15) is 0 Å². The summed E-state index contributed by atoms with van der Waals surface area (Å²) in [5.74, 6) is 6.11. The third kappa shape index (κ3) is 3.28. The van der Waals surface area contributed by atoms with Gasteiger partial charge >= 0.3 is 0 Å². The summed E-state index contributed by atoms with van der Waals surface area (Å²) in [5, 5.41) is 0. The van der Waals surface area contributed by atoms with Gasteiger partial charge in [0, 0.05) is 7.11 Å². The molecule has 0 spiro atoms. The van der Waals surface area contributed by atoms with Crippen LogP contribution < -0.4 is 11.3 Å². The van der Waals surface area contributed by atoms with Gasteiger partial charge in [-0.3, -0.25) is 11.3 Å². The van der Waals surface area contributed by atoms with Crippen molar-refractivity contribution in [1.29, 1.82) is 0 Å². The van der Waals surface area contributed by atoms with E-state index in [-0.39, 0.29) is 12.1 Å². The van der Waals surface area contributed by atoms with Crippen LogP contribution in [-0.2, 0) is 4.74 Å². The number of ether oxygens (including phenoxy) is 1. The van der Waals surface area contributed by atoms with Crippen LogP contribution in [0.15, 0.2) is 18.2 Å². The lowest BCUT2D eigenvalue weighted by molar-refractivity contribution is 0.0324. The van der Waals surface area contributed by atoms with Gasteiger partial charge in [0.2, 0.25) is 0 Å². The second-order valence-corrected chi connectivity index (χ2v) is 4.95. The SMILES string of the molecule is COC(C(C)C)C(NN)c1cc(C)ccc1C. The Balaban J connectivity index is 3.11. The van der Waals surface area contributed by atoms with Crippen LogP contribution in [0.1, 0.15) is 36.6 Å². The summed E-state index contributed by atoms with van der Waals surface area (Å²) in [6.45, 7) is 8.48. The van der Waals surface area contributed by atoms with Crippen molar-refractivity contribution in [2.75, 3.05) is 7.11 Å². The summed E-state index contributed by atoms with van der Waals surface area (Å²) in [6, 6.07) is 6.44. The quantitative estimate of drug-likeness (QED) is 0.610. The van der Waals surface area contributed by atoms with Crippen molar-refractivity contribution in [3.63, 3.8) is 0 Å². The van der Waals surface area contributed by atoms with E-state index in [1.165, 1.54) is 16.7 Å². The topological polar surface area (TPSA) is 47.3 Å². The Labute approximate surface area is 104 Å². The van der Waals surface area contributed by atoms with E-state index in [0.29, 0.717) is 5.92 Å². The molecule has 0 heterocycles. The van der Waals surface area contributed by atoms with Crippen molar-refractivity contribution in [2.24, 2.45) is 11.8 Å². The molecule has 3 heteroatoms. The third-order valence-corrected chi connectivity index (χ3v) is 3.21. The molecule has 0 radical (unpaired) electrons. The maximum Gasteiger partial charge on any atom is 0.0801 e. The van der Waals surface area contributed by atoms with Gasteiger partial charge in [-0.05, 0) is 30.9 Å². The van der Waals surface area contributed by atoms with Gasteiger partial charge in [-0.2, -0.15) is 0 Å². The normalized spacial score (nSPS) is 15.0. The molecule has 0 fully saturated rings. The van der Waals surface area contributed by atoms with Crippen LogP contribution in [0.25, 0.3) is 0 Å². The van der Waals surface area contributed by atoms with Crippen LogP contribution in [0.2, 0.25) is 0 Å². The number of methoxy groups -OCH3 is 1. The summed E-state index contributed by atoms with van der Waals surface area (Å²) >= 11 is 0. The Morgan fingerprint density at radius 2 is 1.88 bits per heavy atom. The largest absolute Gasteiger partial charge is 0.379 e. The molecule has 0 aliphatic carbocycles. The minimum atomic E-state index is 0.0277. The molecule has 1 aromatic rings. The van der Waals surface area contributed by atoms with Crippen molar-refractivity contribution in [3.8, 4) is 0 Å². The van der Waals surface area contributed by atoms with Crippen LogP contribution in [0.4, 0.5) is 0 Å². The first kappa shape index (κ1) is 14.2. The average molecular weight is 236 g/mol. The maximum absolute atomic E-state index is 5.71. The molecular weight excluding hydrogens is 212 g/mol. The van der Waals surface area contributed by atoms with Gasteiger partial charge in [0.05, 0.1) is 12.1 Å². The highest BCUT2D eigenvalue weighted by Crippen LogP contribution is 2.26. The van der Waals surface area contributed by atoms with E-state index < -0.39 is 0 Å². The van der Waals surface area contributed by atoms with E-state index >= 15 is 0 Å². The molecule has 1 aromatic carbocycles. The number of nitrogens with one attached hydrogen (secondary N) is 1. The lowest BCUT2D eigenvalue weighted by Crippen LogP contribution is -2.40. The molecule has 0 saturated heterocycles. The molecule has 2 atom stereocenters. The van der Waals surface area contributed by atoms with Crippen molar-refractivity contribution in [2.45, 2.75) is 39.8 Å². The summed E-state index contributed by atoms with van der Waals surface area (Å²) in [7, 11) is 1.74. The number of nitrogens with two attached hydrogens (primary N) is 1. The molecule has 0 bridgehead atoms. The Bertz CT molecular complexity index is 363. The Kier molecular flexibility index (Phi) is 5.12. The van der Waals surface area contributed by atoms with Crippen molar-refractivity contribution >= 4 is 0 Å². The average Bonchev–Trinajstić information content (AvgIpc) is 2.28. The fraction of sp³-hybridized carbons (Fsp3) is 0.571. The van der Waals surface area contributed by atoms with E-state index in [9.17, 15) is 0 Å². The van der Waals surface area contributed by atoms with Crippen LogP contribution in [0.3, 0.4) is 0 Å². The highest BCUT2D eigenvalue weighted by atomic mass is 16.5. The van der Waals surface area contributed by atoms with Gasteiger partial charge in [0.25, 0.3) is 0 Å². The second-order valence-electron chi connectivity index (χ2n) is 4.95. The predicted octanol–water partition coefficient (Wildman–Crippen LogP) is 2.48. The molecule has 0 aromatic heterocycles. The molecule has 0 aliphatic rings. The van der Waals surface area contributed by atoms with Gasteiger partial charge in [0.15, 0.2) is 0 Å². The minimum Gasteiger partial charge on any atom is -0.379 e. The predicted molar refractivity (Wildman–Crippen MR) is 71.6 cm³/mol. The van der Waals surface area contributed by atoms with Gasteiger partial charge in [-0.25, -0.2) is 0 Å². The first-order valence-electron chi connectivity index (χ1n) is 6.07. The molecule has 96 valence electrons. The minimum absolute atomic E-state index is 0.0277. The van der Waals surface area contributed by atoms with Gasteiger partial charge < -0.3 is 4.74 Å². The van der Waals surface area contributed by atoms with Crippen molar-refractivity contribution in [3.05, 3.63) is 34.9 Å².